The van der Waals surface area contributed by atoms with Crippen molar-refractivity contribution in [2.75, 3.05) is 0 Å². The number of pyridine rings is 1. The zero-order valence-corrected chi connectivity index (χ0v) is 21.6. The molecule has 2 heterocycles. The van der Waals surface area contributed by atoms with Crippen LogP contribution in [-0.4, -0.2) is 15.1 Å². The minimum absolute atomic E-state index is 0.0893. The summed E-state index contributed by atoms with van der Waals surface area (Å²) < 4.78 is 6.23. The van der Waals surface area contributed by atoms with Crippen LogP contribution in [0.2, 0.25) is 0 Å². The molecule has 0 atom stereocenters. The monoisotopic (exact) mass is 496 g/mol. The van der Waals surface area contributed by atoms with Gasteiger partial charge in [0.2, 0.25) is 5.89 Å². The van der Waals surface area contributed by atoms with Crippen LogP contribution in [-0.2, 0) is 5.41 Å². The quantitative estimate of drug-likeness (QED) is 0.265. The average molecular weight is 497 g/mol. The minimum Gasteiger partial charge on any atom is -0.507 e. The molecule has 0 saturated heterocycles. The molecule has 0 aliphatic carbocycles. The fourth-order valence-electron chi connectivity index (χ4n) is 4.70. The van der Waals surface area contributed by atoms with Gasteiger partial charge in [-0.2, -0.15) is 0 Å². The van der Waals surface area contributed by atoms with E-state index in [4.69, 9.17) is 9.40 Å². The van der Waals surface area contributed by atoms with E-state index in [9.17, 15) is 5.11 Å². The van der Waals surface area contributed by atoms with Crippen molar-refractivity contribution in [2.45, 2.75) is 26.2 Å². The molecule has 0 aliphatic heterocycles. The summed E-state index contributed by atoms with van der Waals surface area (Å²) in [6.07, 6.45) is 1.86. The highest BCUT2D eigenvalue weighted by Gasteiger charge is 2.21. The SMILES string of the molecule is CC(C)(C)c1cc(-c2cccc(-c3cc(-c4ccccc4)ccn3)c2)c2nc(-c3ccccc3O)oc2c1. The van der Waals surface area contributed by atoms with Crippen molar-refractivity contribution in [1.82, 2.24) is 9.97 Å². The third-order valence-electron chi connectivity index (χ3n) is 6.83. The van der Waals surface area contributed by atoms with Gasteiger partial charge in [0.15, 0.2) is 5.58 Å². The Balaban J connectivity index is 1.50. The van der Waals surface area contributed by atoms with Crippen LogP contribution in [0.1, 0.15) is 26.3 Å². The van der Waals surface area contributed by atoms with Gasteiger partial charge in [-0.3, -0.25) is 4.98 Å². The molecular formula is C34H28N2O2. The number of oxazole rings is 1. The first-order chi connectivity index (χ1) is 18.4. The molecule has 6 aromatic rings. The Morgan fingerprint density at radius 1 is 0.658 bits per heavy atom. The first-order valence-corrected chi connectivity index (χ1v) is 12.7. The number of phenolic OH excluding ortho intramolecular Hbond substituents is 1. The van der Waals surface area contributed by atoms with Crippen LogP contribution in [0.4, 0.5) is 0 Å². The number of hydrogen-bond acceptors (Lipinski definition) is 4. The highest BCUT2D eigenvalue weighted by atomic mass is 16.3. The molecular weight excluding hydrogens is 468 g/mol. The lowest BCUT2D eigenvalue weighted by Crippen LogP contribution is -2.11. The number of hydrogen-bond donors (Lipinski definition) is 1. The van der Waals surface area contributed by atoms with E-state index in [1.54, 1.807) is 12.1 Å². The smallest absolute Gasteiger partial charge is 0.231 e. The van der Waals surface area contributed by atoms with Crippen LogP contribution in [0.5, 0.6) is 5.75 Å². The fraction of sp³-hybridized carbons (Fsp3) is 0.118. The van der Waals surface area contributed by atoms with E-state index >= 15 is 0 Å². The molecule has 0 amide bonds. The summed E-state index contributed by atoms with van der Waals surface area (Å²) in [5.41, 5.74) is 9.32. The topological polar surface area (TPSA) is 59.2 Å². The number of nitrogens with zero attached hydrogens (tertiary/aromatic N) is 2. The largest absolute Gasteiger partial charge is 0.507 e. The van der Waals surface area contributed by atoms with E-state index in [-0.39, 0.29) is 11.2 Å². The Hall–Kier alpha value is -4.70. The summed E-state index contributed by atoms with van der Waals surface area (Å²) in [6.45, 7) is 6.56. The number of benzene rings is 4. The molecule has 2 aromatic heterocycles. The van der Waals surface area contributed by atoms with Crippen LogP contribution < -0.4 is 0 Å². The van der Waals surface area contributed by atoms with Crippen molar-refractivity contribution < 1.29 is 9.52 Å². The van der Waals surface area contributed by atoms with Crippen LogP contribution in [0, 0.1) is 0 Å². The number of rotatable bonds is 4. The van der Waals surface area contributed by atoms with Gasteiger partial charge in [-0.15, -0.1) is 0 Å². The molecule has 4 aromatic carbocycles. The molecule has 0 aliphatic rings. The number of fused-ring (bicyclic) bond motifs is 1. The molecule has 0 fully saturated rings. The van der Waals surface area contributed by atoms with Gasteiger partial charge < -0.3 is 9.52 Å². The molecule has 4 heteroatoms. The maximum atomic E-state index is 10.4. The zero-order valence-electron chi connectivity index (χ0n) is 21.6. The summed E-state index contributed by atoms with van der Waals surface area (Å²) in [5, 5.41) is 10.4. The van der Waals surface area contributed by atoms with Crippen molar-refractivity contribution in [3.63, 3.8) is 0 Å². The first kappa shape index (κ1) is 23.7. The highest BCUT2D eigenvalue weighted by Crippen LogP contribution is 2.39. The molecule has 0 unspecified atom stereocenters. The van der Waals surface area contributed by atoms with Gasteiger partial charge in [0, 0.05) is 17.3 Å². The molecule has 4 nitrogen and oxygen atoms in total. The third kappa shape index (κ3) is 4.46. The Bertz CT molecular complexity index is 1760. The molecule has 1 N–H and O–H groups in total. The van der Waals surface area contributed by atoms with Crippen molar-refractivity contribution in [1.29, 1.82) is 0 Å². The lowest BCUT2D eigenvalue weighted by molar-refractivity contribution is 0.474. The molecule has 186 valence electrons. The van der Waals surface area contributed by atoms with E-state index in [1.165, 1.54) is 0 Å². The standard InChI is InChI=1S/C34H28N2O2/c1-34(2,3)26-20-28(32-31(21-26)38-33(36-32)27-14-7-8-15-30(27)37)24-12-9-13-25(18-24)29-19-23(16-17-35-29)22-10-5-4-6-11-22/h4-21,37H,1-3H3. The fourth-order valence-corrected chi connectivity index (χ4v) is 4.70. The predicted molar refractivity (Wildman–Crippen MR) is 154 cm³/mol. The summed E-state index contributed by atoms with van der Waals surface area (Å²) in [6, 6.07) is 34.3. The average Bonchev–Trinajstić information content (AvgIpc) is 3.37. The molecule has 0 radical (unpaired) electrons. The lowest BCUT2D eigenvalue weighted by atomic mass is 9.85. The molecule has 0 bridgehead atoms. The van der Waals surface area contributed by atoms with Gasteiger partial charge in [0.05, 0.1) is 11.3 Å². The van der Waals surface area contributed by atoms with Crippen LogP contribution in [0.25, 0.3) is 56.1 Å². The second-order valence-corrected chi connectivity index (χ2v) is 10.5. The van der Waals surface area contributed by atoms with Crippen molar-refractivity contribution in [3.05, 3.63) is 115 Å². The second kappa shape index (κ2) is 9.31. The van der Waals surface area contributed by atoms with E-state index in [2.05, 4.69) is 80.4 Å². The first-order valence-electron chi connectivity index (χ1n) is 12.7. The van der Waals surface area contributed by atoms with Gasteiger partial charge in [-0.1, -0.05) is 81.4 Å². The highest BCUT2D eigenvalue weighted by molar-refractivity contribution is 5.94. The molecule has 0 spiro atoms. The van der Waals surface area contributed by atoms with Crippen LogP contribution in [0.15, 0.2) is 114 Å². The molecule has 38 heavy (non-hydrogen) atoms. The van der Waals surface area contributed by atoms with Gasteiger partial charge >= 0.3 is 0 Å². The van der Waals surface area contributed by atoms with Gasteiger partial charge in [0.25, 0.3) is 0 Å². The minimum atomic E-state index is -0.0893. The summed E-state index contributed by atoms with van der Waals surface area (Å²) >= 11 is 0. The number of aromatic hydroxyl groups is 1. The van der Waals surface area contributed by atoms with E-state index < -0.39 is 0 Å². The van der Waals surface area contributed by atoms with Gasteiger partial charge in [-0.05, 0) is 70.1 Å². The van der Waals surface area contributed by atoms with E-state index in [1.807, 2.05) is 42.6 Å². The molecule has 0 saturated carbocycles. The van der Waals surface area contributed by atoms with E-state index in [0.717, 1.165) is 44.6 Å². The van der Waals surface area contributed by atoms with Crippen molar-refractivity contribution in [2.24, 2.45) is 0 Å². The van der Waals surface area contributed by atoms with Crippen LogP contribution in [0.3, 0.4) is 0 Å². The van der Waals surface area contributed by atoms with Gasteiger partial charge in [0.1, 0.15) is 11.3 Å². The molecule has 6 rings (SSSR count). The van der Waals surface area contributed by atoms with Crippen molar-refractivity contribution in [3.8, 4) is 50.7 Å². The van der Waals surface area contributed by atoms with Crippen molar-refractivity contribution >= 4 is 11.1 Å². The normalized spacial score (nSPS) is 11.7. The maximum absolute atomic E-state index is 10.4. The Morgan fingerprint density at radius 2 is 1.39 bits per heavy atom. The number of para-hydroxylation sites is 1. The summed E-state index contributed by atoms with van der Waals surface area (Å²) in [5.74, 6) is 0.543. The van der Waals surface area contributed by atoms with Gasteiger partial charge in [-0.25, -0.2) is 4.98 Å². The third-order valence-corrected chi connectivity index (χ3v) is 6.83. The zero-order chi connectivity index (χ0) is 26.3. The number of phenols is 1. The summed E-state index contributed by atoms with van der Waals surface area (Å²) in [7, 11) is 0. The Kier molecular flexibility index (Phi) is 5.80. The number of aromatic nitrogens is 2. The second-order valence-electron chi connectivity index (χ2n) is 10.5. The predicted octanol–water partition coefficient (Wildman–Crippen LogP) is 8.89. The van der Waals surface area contributed by atoms with Crippen LogP contribution >= 0.6 is 0 Å². The summed E-state index contributed by atoms with van der Waals surface area (Å²) in [4.78, 5) is 9.54. The Morgan fingerprint density at radius 3 is 2.18 bits per heavy atom. The van der Waals surface area contributed by atoms with E-state index in [0.29, 0.717) is 17.0 Å². The maximum Gasteiger partial charge on any atom is 0.231 e. The lowest BCUT2D eigenvalue weighted by Gasteiger charge is -2.20. The Labute approximate surface area is 222 Å².